The van der Waals surface area contributed by atoms with Crippen molar-refractivity contribution in [3.05, 3.63) is 35.6 Å². The van der Waals surface area contributed by atoms with E-state index in [1.165, 1.54) is 6.07 Å². The van der Waals surface area contributed by atoms with E-state index in [0.29, 0.717) is 18.7 Å². The first-order valence-electron chi connectivity index (χ1n) is 8.04. The van der Waals surface area contributed by atoms with E-state index < -0.39 is 25.9 Å². The van der Waals surface area contributed by atoms with E-state index in [-0.39, 0.29) is 37.6 Å². The van der Waals surface area contributed by atoms with Crippen molar-refractivity contribution in [3.8, 4) is 0 Å². The zero-order valence-corrected chi connectivity index (χ0v) is 16.4. The fourth-order valence-corrected chi connectivity index (χ4v) is 4.52. The first kappa shape index (κ1) is 21.9. The number of benzene rings is 1. The minimum absolute atomic E-state index is 0. The van der Waals surface area contributed by atoms with Crippen LogP contribution in [-0.2, 0) is 20.0 Å². The Hall–Kier alpha value is -1.18. The third-order valence-corrected chi connectivity index (χ3v) is 6.84. The fraction of sp³-hybridized carbons (Fsp3) is 0.588. The fourth-order valence-electron chi connectivity index (χ4n) is 3.16. The highest BCUT2D eigenvalue weighted by atomic mass is 35.5. The van der Waals surface area contributed by atoms with Gasteiger partial charge in [-0.25, -0.2) is 12.8 Å². The van der Waals surface area contributed by atoms with Crippen LogP contribution < -0.4 is 10.6 Å². The molecule has 1 aliphatic heterocycles. The SMILES string of the molecule is CC(C)(CNC(=O)C1(S(C)(=O)=O)CCNCC1)c1ccccc1F.Cl. The van der Waals surface area contributed by atoms with Crippen molar-refractivity contribution in [2.45, 2.75) is 36.9 Å². The largest absolute Gasteiger partial charge is 0.354 e. The predicted molar refractivity (Wildman–Crippen MR) is 99.4 cm³/mol. The van der Waals surface area contributed by atoms with Crippen molar-refractivity contribution in [1.29, 1.82) is 0 Å². The van der Waals surface area contributed by atoms with Crippen molar-refractivity contribution in [3.63, 3.8) is 0 Å². The molecule has 5 nitrogen and oxygen atoms in total. The molecule has 2 N–H and O–H groups in total. The van der Waals surface area contributed by atoms with Gasteiger partial charge in [-0.3, -0.25) is 4.79 Å². The lowest BCUT2D eigenvalue weighted by Gasteiger charge is -2.35. The van der Waals surface area contributed by atoms with Crippen LogP contribution in [0.1, 0.15) is 32.3 Å². The summed E-state index contributed by atoms with van der Waals surface area (Å²) in [6.07, 6.45) is 1.61. The molecule has 1 heterocycles. The van der Waals surface area contributed by atoms with Crippen LogP contribution in [0.3, 0.4) is 0 Å². The summed E-state index contributed by atoms with van der Waals surface area (Å²) >= 11 is 0. The first-order chi connectivity index (χ1) is 11.1. The lowest BCUT2D eigenvalue weighted by molar-refractivity contribution is -0.124. The number of carbonyl (C=O) groups excluding carboxylic acids is 1. The number of halogens is 2. The van der Waals surface area contributed by atoms with Gasteiger partial charge in [0.1, 0.15) is 5.82 Å². The molecule has 25 heavy (non-hydrogen) atoms. The molecule has 0 bridgehead atoms. The summed E-state index contributed by atoms with van der Waals surface area (Å²) in [5, 5.41) is 5.83. The van der Waals surface area contributed by atoms with Gasteiger partial charge in [0.25, 0.3) is 0 Å². The smallest absolute Gasteiger partial charge is 0.241 e. The standard InChI is InChI=1S/C17H25FN2O3S.ClH/c1-16(2,13-6-4-5-7-14(13)18)12-20-15(21)17(24(3,22)23)8-10-19-11-9-17;/h4-7,19H,8-12H2,1-3H3,(H,20,21);1H. The molecule has 0 atom stereocenters. The van der Waals surface area contributed by atoms with Crippen LogP contribution in [0.2, 0.25) is 0 Å². The predicted octanol–water partition coefficient (Wildman–Crippen LogP) is 1.81. The number of piperidine rings is 1. The summed E-state index contributed by atoms with van der Waals surface area (Å²) in [6, 6.07) is 6.41. The molecular formula is C17H26ClFN2O3S. The molecule has 0 aromatic heterocycles. The lowest BCUT2D eigenvalue weighted by atomic mass is 9.84. The van der Waals surface area contributed by atoms with Crippen LogP contribution in [0.5, 0.6) is 0 Å². The maximum Gasteiger partial charge on any atom is 0.241 e. The summed E-state index contributed by atoms with van der Waals surface area (Å²) in [6.45, 7) is 4.77. The van der Waals surface area contributed by atoms with Gasteiger partial charge in [0.05, 0.1) is 0 Å². The van der Waals surface area contributed by atoms with Crippen molar-refractivity contribution >= 4 is 28.2 Å². The van der Waals surface area contributed by atoms with Crippen molar-refractivity contribution in [2.24, 2.45) is 0 Å². The maximum atomic E-state index is 14.0. The monoisotopic (exact) mass is 392 g/mol. The highest BCUT2D eigenvalue weighted by Gasteiger charge is 2.48. The molecule has 1 fully saturated rings. The number of rotatable bonds is 5. The van der Waals surface area contributed by atoms with E-state index in [1.807, 2.05) is 13.8 Å². The van der Waals surface area contributed by atoms with Crippen LogP contribution in [-0.4, -0.2) is 45.0 Å². The molecule has 1 aliphatic rings. The van der Waals surface area contributed by atoms with Crippen molar-refractivity contribution < 1.29 is 17.6 Å². The van der Waals surface area contributed by atoms with Crippen LogP contribution in [0, 0.1) is 5.82 Å². The van der Waals surface area contributed by atoms with E-state index >= 15 is 0 Å². The minimum atomic E-state index is -3.55. The topological polar surface area (TPSA) is 75.3 Å². The third-order valence-electron chi connectivity index (χ3n) is 4.83. The maximum absolute atomic E-state index is 14.0. The van der Waals surface area contributed by atoms with Gasteiger partial charge >= 0.3 is 0 Å². The van der Waals surface area contributed by atoms with Crippen LogP contribution in [0.25, 0.3) is 0 Å². The van der Waals surface area contributed by atoms with Crippen LogP contribution >= 0.6 is 12.4 Å². The Labute approximate surface area is 155 Å². The molecule has 2 rings (SSSR count). The highest BCUT2D eigenvalue weighted by molar-refractivity contribution is 7.92. The number of carbonyl (C=O) groups is 1. The summed E-state index contributed by atoms with van der Waals surface area (Å²) in [4.78, 5) is 12.7. The summed E-state index contributed by atoms with van der Waals surface area (Å²) in [5.74, 6) is -0.827. The van der Waals surface area contributed by atoms with Gasteiger partial charge in [-0.1, -0.05) is 32.0 Å². The summed E-state index contributed by atoms with van der Waals surface area (Å²) in [5.41, 5.74) is -0.156. The molecule has 0 saturated carbocycles. The molecule has 0 unspecified atom stereocenters. The number of nitrogens with one attached hydrogen (secondary N) is 2. The zero-order chi connectivity index (χ0) is 18.0. The van der Waals surface area contributed by atoms with E-state index in [1.54, 1.807) is 18.2 Å². The van der Waals surface area contributed by atoms with Crippen molar-refractivity contribution in [2.75, 3.05) is 25.9 Å². The molecule has 0 radical (unpaired) electrons. The highest BCUT2D eigenvalue weighted by Crippen LogP contribution is 2.29. The molecule has 1 aromatic carbocycles. The quantitative estimate of drug-likeness (QED) is 0.801. The van der Waals surface area contributed by atoms with Gasteiger partial charge in [0, 0.05) is 18.2 Å². The Bertz CT molecular complexity index is 716. The zero-order valence-electron chi connectivity index (χ0n) is 14.8. The van der Waals surface area contributed by atoms with E-state index in [4.69, 9.17) is 0 Å². The summed E-state index contributed by atoms with van der Waals surface area (Å²) in [7, 11) is -3.55. The molecule has 0 spiro atoms. The lowest BCUT2D eigenvalue weighted by Crippen LogP contribution is -2.58. The Morgan fingerprint density at radius 1 is 1.28 bits per heavy atom. The molecule has 8 heteroatoms. The summed E-state index contributed by atoms with van der Waals surface area (Å²) < 4.78 is 37.1. The average Bonchev–Trinajstić information content (AvgIpc) is 2.52. The third kappa shape index (κ3) is 4.51. The van der Waals surface area contributed by atoms with Gasteiger partial charge in [0.15, 0.2) is 14.6 Å². The minimum Gasteiger partial charge on any atom is -0.354 e. The normalized spacial score (nSPS) is 17.4. The van der Waals surface area contributed by atoms with Crippen LogP contribution in [0.4, 0.5) is 4.39 Å². The average molecular weight is 393 g/mol. The number of hydrogen-bond acceptors (Lipinski definition) is 4. The second-order valence-corrected chi connectivity index (χ2v) is 9.39. The number of amides is 1. The second kappa shape index (κ2) is 8.01. The van der Waals surface area contributed by atoms with Gasteiger partial charge < -0.3 is 10.6 Å². The van der Waals surface area contributed by atoms with E-state index in [2.05, 4.69) is 10.6 Å². The Morgan fingerprint density at radius 3 is 2.36 bits per heavy atom. The van der Waals surface area contributed by atoms with Gasteiger partial charge in [-0.15, -0.1) is 12.4 Å². The Morgan fingerprint density at radius 2 is 1.84 bits per heavy atom. The molecule has 0 aliphatic carbocycles. The Kier molecular flexibility index (Phi) is 7.01. The van der Waals surface area contributed by atoms with Gasteiger partial charge in [-0.05, 0) is 37.6 Å². The molecule has 1 aromatic rings. The first-order valence-corrected chi connectivity index (χ1v) is 9.93. The van der Waals surface area contributed by atoms with Crippen molar-refractivity contribution in [1.82, 2.24) is 10.6 Å². The molecular weight excluding hydrogens is 367 g/mol. The number of sulfone groups is 1. The molecule has 1 saturated heterocycles. The Balaban J connectivity index is 0.00000312. The van der Waals surface area contributed by atoms with Crippen LogP contribution in [0.15, 0.2) is 24.3 Å². The molecule has 1 amide bonds. The van der Waals surface area contributed by atoms with E-state index in [0.717, 1.165) is 6.26 Å². The second-order valence-electron chi connectivity index (χ2n) is 7.06. The van der Waals surface area contributed by atoms with Gasteiger partial charge in [-0.2, -0.15) is 0 Å². The van der Waals surface area contributed by atoms with E-state index in [9.17, 15) is 17.6 Å². The molecule has 142 valence electrons. The van der Waals surface area contributed by atoms with Gasteiger partial charge in [0.2, 0.25) is 5.91 Å². The number of hydrogen-bond donors (Lipinski definition) is 2.